The zero-order valence-electron chi connectivity index (χ0n) is 24.1. The molecular weight excluding hydrogens is 546 g/mol. The van der Waals surface area contributed by atoms with Gasteiger partial charge in [0.05, 0.1) is 25.0 Å². The molecule has 0 fully saturated rings. The Labute approximate surface area is 249 Å². The van der Waals surface area contributed by atoms with Crippen molar-refractivity contribution in [3.05, 3.63) is 130 Å². The molecule has 1 N–H and O–H groups in total. The lowest BCUT2D eigenvalue weighted by Gasteiger charge is -2.16. The summed E-state index contributed by atoms with van der Waals surface area (Å²) in [6.45, 7) is 5.08. The summed E-state index contributed by atoms with van der Waals surface area (Å²) in [6.07, 6.45) is 2.78. The molecule has 220 valence electrons. The second-order valence-electron chi connectivity index (χ2n) is 10.4. The van der Waals surface area contributed by atoms with E-state index in [0.29, 0.717) is 24.5 Å². The molecule has 0 spiro atoms. The van der Waals surface area contributed by atoms with Crippen molar-refractivity contribution in [2.24, 2.45) is 0 Å². The lowest BCUT2D eigenvalue weighted by Crippen LogP contribution is -2.43. The molecule has 11 nitrogen and oxygen atoms in total. The number of nitrogens with one attached hydrogen (secondary N) is 1. The fourth-order valence-corrected chi connectivity index (χ4v) is 4.31. The lowest BCUT2D eigenvalue weighted by molar-refractivity contribution is -0.147. The molecule has 43 heavy (non-hydrogen) atoms. The maximum atomic E-state index is 13.2. The minimum atomic E-state index is -1.06. The van der Waals surface area contributed by atoms with Gasteiger partial charge in [0.2, 0.25) is 0 Å². The van der Waals surface area contributed by atoms with Crippen molar-refractivity contribution in [3.63, 3.8) is 0 Å². The summed E-state index contributed by atoms with van der Waals surface area (Å²) in [6, 6.07) is 24.5. The van der Waals surface area contributed by atoms with Crippen molar-refractivity contribution in [1.82, 2.24) is 35.3 Å². The van der Waals surface area contributed by atoms with E-state index in [4.69, 9.17) is 9.47 Å². The summed E-state index contributed by atoms with van der Waals surface area (Å²) in [5.74, 6) is -0.655. The quantitative estimate of drug-likeness (QED) is 0.218. The maximum Gasteiger partial charge on any atom is 0.408 e. The number of hydrogen-bond donors (Lipinski definition) is 1. The first-order valence-corrected chi connectivity index (χ1v) is 13.9. The fraction of sp³-hybridized carbons (Fsp3) is 0.250. The molecule has 1 amide bonds. The Balaban J connectivity index is 1.21. The van der Waals surface area contributed by atoms with E-state index < -0.39 is 18.1 Å². The molecule has 11 heteroatoms. The molecule has 0 unspecified atom stereocenters. The van der Waals surface area contributed by atoms with Crippen LogP contribution in [0.4, 0.5) is 4.79 Å². The van der Waals surface area contributed by atoms with Gasteiger partial charge in [0.15, 0.2) is 0 Å². The highest BCUT2D eigenvalue weighted by Gasteiger charge is 2.25. The molecule has 1 atom stereocenters. The van der Waals surface area contributed by atoms with Crippen LogP contribution in [0.5, 0.6) is 0 Å². The molecule has 0 radical (unpaired) electrons. The number of hydrogen-bond acceptors (Lipinski definition) is 8. The fourth-order valence-electron chi connectivity index (χ4n) is 4.31. The van der Waals surface area contributed by atoms with Crippen LogP contribution in [-0.2, 0) is 47.0 Å². The number of alkyl carbamates (subject to hydrolysis) is 1. The minimum absolute atomic E-state index is 0.0608. The van der Waals surface area contributed by atoms with Gasteiger partial charge in [-0.3, -0.25) is 0 Å². The van der Waals surface area contributed by atoms with E-state index in [0.717, 1.165) is 16.7 Å². The number of rotatable bonds is 12. The monoisotopic (exact) mass is 579 g/mol. The van der Waals surface area contributed by atoms with Crippen molar-refractivity contribution >= 4 is 12.1 Å². The Bertz CT molecular complexity index is 1630. The second kappa shape index (κ2) is 14.0. The number of amides is 1. The first kappa shape index (κ1) is 29.2. The number of esters is 1. The van der Waals surface area contributed by atoms with Gasteiger partial charge in [-0.25, -0.2) is 19.0 Å². The van der Waals surface area contributed by atoms with Crippen LogP contribution in [-0.4, -0.2) is 48.1 Å². The first-order valence-electron chi connectivity index (χ1n) is 13.9. The highest BCUT2D eigenvalue weighted by molar-refractivity contribution is 5.81. The van der Waals surface area contributed by atoms with Gasteiger partial charge in [0.1, 0.15) is 24.9 Å². The van der Waals surface area contributed by atoms with E-state index in [2.05, 4.69) is 25.9 Å². The zero-order chi connectivity index (χ0) is 30.0. The molecule has 5 rings (SSSR count). The van der Waals surface area contributed by atoms with Gasteiger partial charge in [0.25, 0.3) is 0 Å². The van der Waals surface area contributed by atoms with Gasteiger partial charge in [-0.15, -0.1) is 10.2 Å². The summed E-state index contributed by atoms with van der Waals surface area (Å²) < 4.78 is 14.2. The number of carbonyl (C=O) groups excluding carboxylic acids is 2. The van der Waals surface area contributed by atoms with Gasteiger partial charge in [-0.1, -0.05) is 100 Å². The summed E-state index contributed by atoms with van der Waals surface area (Å²) in [7, 11) is 0. The van der Waals surface area contributed by atoms with E-state index in [9.17, 15) is 9.59 Å². The smallest absolute Gasteiger partial charge is 0.408 e. The second-order valence-corrected chi connectivity index (χ2v) is 10.4. The lowest BCUT2D eigenvalue weighted by atomic mass is 10.1. The van der Waals surface area contributed by atoms with E-state index in [1.807, 2.05) is 92.7 Å². The molecule has 2 heterocycles. The molecule has 0 aliphatic rings. The van der Waals surface area contributed by atoms with Crippen LogP contribution in [0.1, 0.15) is 39.2 Å². The van der Waals surface area contributed by atoms with E-state index in [-0.39, 0.29) is 19.6 Å². The number of benzene rings is 3. The molecule has 0 aliphatic carbocycles. The van der Waals surface area contributed by atoms with Crippen LogP contribution in [0.15, 0.2) is 91.3 Å². The molecule has 3 aromatic carbocycles. The summed E-state index contributed by atoms with van der Waals surface area (Å²) in [4.78, 5) is 25.8. The van der Waals surface area contributed by atoms with E-state index in [1.165, 1.54) is 11.1 Å². The average Bonchev–Trinajstić information content (AvgIpc) is 3.66. The Morgan fingerprint density at radius 3 is 1.86 bits per heavy atom. The minimum Gasteiger partial charge on any atom is -0.457 e. The van der Waals surface area contributed by atoms with Gasteiger partial charge >= 0.3 is 12.1 Å². The highest BCUT2D eigenvalue weighted by Crippen LogP contribution is 2.10. The zero-order valence-corrected chi connectivity index (χ0v) is 24.1. The van der Waals surface area contributed by atoms with Crippen LogP contribution < -0.4 is 5.32 Å². The first-order chi connectivity index (χ1) is 20.9. The van der Waals surface area contributed by atoms with Crippen LogP contribution >= 0.6 is 0 Å². The summed E-state index contributed by atoms with van der Waals surface area (Å²) in [5, 5.41) is 19.3. The van der Waals surface area contributed by atoms with Crippen molar-refractivity contribution in [3.8, 4) is 0 Å². The molecule has 5 aromatic rings. The van der Waals surface area contributed by atoms with Crippen LogP contribution in [0.2, 0.25) is 0 Å². The van der Waals surface area contributed by atoms with Gasteiger partial charge in [-0.05, 0) is 30.5 Å². The van der Waals surface area contributed by atoms with Gasteiger partial charge < -0.3 is 14.8 Å². The van der Waals surface area contributed by atoms with Crippen molar-refractivity contribution in [2.45, 2.75) is 52.6 Å². The Hall–Kier alpha value is -5.32. The van der Waals surface area contributed by atoms with Gasteiger partial charge in [-0.2, -0.15) is 0 Å². The van der Waals surface area contributed by atoms with Crippen LogP contribution in [0.3, 0.4) is 0 Å². The van der Waals surface area contributed by atoms with Crippen LogP contribution in [0, 0.1) is 13.8 Å². The summed E-state index contributed by atoms with van der Waals surface area (Å²) >= 11 is 0. The molecule has 0 saturated heterocycles. The number of ether oxygens (including phenoxy) is 2. The normalized spacial score (nSPS) is 11.6. The van der Waals surface area contributed by atoms with Gasteiger partial charge in [0, 0.05) is 12.6 Å². The summed E-state index contributed by atoms with van der Waals surface area (Å²) in [5.41, 5.74) is 6.31. The molecular formula is C32H33N7O4. The Kier molecular flexibility index (Phi) is 9.53. The Morgan fingerprint density at radius 1 is 0.698 bits per heavy atom. The van der Waals surface area contributed by atoms with Crippen molar-refractivity contribution < 1.29 is 19.1 Å². The third-order valence-electron chi connectivity index (χ3n) is 6.67. The molecule has 0 bridgehead atoms. The van der Waals surface area contributed by atoms with E-state index in [1.54, 1.807) is 21.8 Å². The molecule has 0 aliphatic heterocycles. The third-order valence-corrected chi connectivity index (χ3v) is 6.67. The third kappa shape index (κ3) is 8.83. The predicted octanol–water partition coefficient (Wildman–Crippen LogP) is 4.16. The number of aryl methyl sites for hydroxylation is 2. The number of aromatic nitrogens is 6. The maximum absolute atomic E-state index is 13.2. The van der Waals surface area contributed by atoms with E-state index >= 15 is 0 Å². The topological polar surface area (TPSA) is 126 Å². The van der Waals surface area contributed by atoms with Crippen molar-refractivity contribution in [1.29, 1.82) is 0 Å². The largest absolute Gasteiger partial charge is 0.457 e. The molecule has 0 saturated carbocycles. The highest BCUT2D eigenvalue weighted by atomic mass is 16.6. The van der Waals surface area contributed by atoms with Crippen LogP contribution in [0.25, 0.3) is 0 Å². The van der Waals surface area contributed by atoms with Crippen molar-refractivity contribution in [2.75, 3.05) is 0 Å². The number of nitrogens with zero attached hydrogens (tertiary/aromatic N) is 6. The predicted molar refractivity (Wildman–Crippen MR) is 158 cm³/mol. The number of carbonyl (C=O) groups is 2. The SMILES string of the molecule is Cc1ccc(Cn2cc(COC(=O)[C@@H](Cc3cn(Cc4ccc(C)cc4)nn3)NC(=O)OCc3ccccc3)nn2)cc1. The molecule has 2 aromatic heterocycles. The Morgan fingerprint density at radius 2 is 1.26 bits per heavy atom. The standard InChI is InChI=1S/C32H33N7O4/c1-23-8-12-25(13-9-23)17-38-19-28(34-36-38)16-30(33-32(41)43-21-27-6-4-3-5-7-27)31(40)42-22-29-20-39(37-35-29)18-26-14-10-24(2)11-15-26/h3-15,19-20,30H,16-18,21-22H2,1-2H3,(H,33,41)/t30-/m1/s1. The average molecular weight is 580 g/mol.